The summed E-state index contributed by atoms with van der Waals surface area (Å²) < 4.78 is 29.0. The van der Waals surface area contributed by atoms with Gasteiger partial charge in [0, 0.05) is 42.7 Å². The monoisotopic (exact) mass is 458 g/mol. The standard InChI is InChI=1S/C25H20F2N6O/c1-25(2,13-28)17-4-5-30-21(9-17)24(34)33-20-8-14(7-18(26)23(20)27)15-6-16-12-32-22(29-3)10-19(16)31-11-15/h4-12H,1-3H3,(H,29,32)(H,33,34). The van der Waals surface area contributed by atoms with Crippen LogP contribution in [0.15, 0.2) is 55.0 Å². The summed E-state index contributed by atoms with van der Waals surface area (Å²) in [7, 11) is 1.75. The first-order valence-corrected chi connectivity index (χ1v) is 10.3. The van der Waals surface area contributed by atoms with Gasteiger partial charge in [0.1, 0.15) is 11.5 Å². The molecule has 34 heavy (non-hydrogen) atoms. The van der Waals surface area contributed by atoms with Crippen molar-refractivity contribution >= 4 is 28.3 Å². The van der Waals surface area contributed by atoms with Gasteiger partial charge in [-0.05, 0) is 55.3 Å². The van der Waals surface area contributed by atoms with E-state index in [4.69, 9.17) is 0 Å². The Labute approximate surface area is 194 Å². The maximum Gasteiger partial charge on any atom is 0.274 e. The second-order valence-corrected chi connectivity index (χ2v) is 8.18. The number of nitrogens with one attached hydrogen (secondary N) is 2. The molecule has 0 atom stereocenters. The van der Waals surface area contributed by atoms with E-state index in [9.17, 15) is 18.8 Å². The van der Waals surface area contributed by atoms with Crippen molar-refractivity contribution in [1.82, 2.24) is 15.0 Å². The van der Waals surface area contributed by atoms with Crippen LogP contribution in [0.4, 0.5) is 20.3 Å². The Morgan fingerprint density at radius 1 is 1.03 bits per heavy atom. The summed E-state index contributed by atoms with van der Waals surface area (Å²) >= 11 is 0. The molecule has 0 aliphatic heterocycles. The lowest BCUT2D eigenvalue weighted by Crippen LogP contribution is -2.19. The van der Waals surface area contributed by atoms with E-state index >= 15 is 0 Å². The first kappa shape index (κ1) is 22.7. The minimum absolute atomic E-state index is 0.0233. The van der Waals surface area contributed by atoms with Crippen LogP contribution in [-0.2, 0) is 5.41 Å². The molecule has 170 valence electrons. The van der Waals surface area contributed by atoms with Crippen LogP contribution < -0.4 is 10.6 Å². The normalized spacial score (nSPS) is 11.2. The fraction of sp³-hybridized carbons (Fsp3) is 0.160. The molecule has 3 heterocycles. The molecule has 0 aliphatic carbocycles. The molecule has 4 rings (SSSR count). The largest absolute Gasteiger partial charge is 0.373 e. The average Bonchev–Trinajstić information content (AvgIpc) is 2.85. The number of fused-ring (bicyclic) bond motifs is 1. The number of hydrogen-bond donors (Lipinski definition) is 2. The Kier molecular flexibility index (Phi) is 5.90. The molecule has 3 aromatic heterocycles. The van der Waals surface area contributed by atoms with E-state index in [1.807, 2.05) is 0 Å². The quantitative estimate of drug-likeness (QED) is 0.433. The molecule has 0 saturated heterocycles. The van der Waals surface area contributed by atoms with Gasteiger partial charge in [-0.15, -0.1) is 0 Å². The Bertz CT molecular complexity index is 1460. The second-order valence-electron chi connectivity index (χ2n) is 8.18. The summed E-state index contributed by atoms with van der Waals surface area (Å²) in [4.78, 5) is 25.4. The molecule has 2 N–H and O–H groups in total. The van der Waals surface area contributed by atoms with Gasteiger partial charge in [0.2, 0.25) is 0 Å². The zero-order valence-electron chi connectivity index (χ0n) is 18.6. The fourth-order valence-corrected chi connectivity index (χ4v) is 3.36. The number of rotatable bonds is 5. The van der Waals surface area contributed by atoms with Gasteiger partial charge in [0.15, 0.2) is 11.6 Å². The molecule has 0 fully saturated rings. The molecular formula is C25H20F2N6O. The number of pyridine rings is 3. The van der Waals surface area contributed by atoms with Crippen molar-refractivity contribution in [3.63, 3.8) is 0 Å². The Hall–Kier alpha value is -4.45. The number of nitriles is 1. The number of anilines is 2. The maximum absolute atomic E-state index is 14.5. The van der Waals surface area contributed by atoms with Gasteiger partial charge < -0.3 is 10.6 Å². The van der Waals surface area contributed by atoms with Crippen LogP contribution in [0.5, 0.6) is 0 Å². The van der Waals surface area contributed by atoms with Crippen LogP contribution in [-0.4, -0.2) is 27.9 Å². The van der Waals surface area contributed by atoms with Crippen LogP contribution in [0, 0.1) is 23.0 Å². The number of amides is 1. The summed E-state index contributed by atoms with van der Waals surface area (Å²) in [5.41, 5.74) is 0.908. The SMILES string of the molecule is CNc1cc2ncc(-c3cc(F)c(F)c(NC(=O)c4cc(C(C)(C)C#N)ccn4)c3)cc2cn1. The molecule has 0 unspecified atom stereocenters. The van der Waals surface area contributed by atoms with Crippen molar-refractivity contribution in [2.45, 2.75) is 19.3 Å². The number of aromatic nitrogens is 3. The van der Waals surface area contributed by atoms with E-state index < -0.39 is 23.0 Å². The van der Waals surface area contributed by atoms with Gasteiger partial charge in [-0.3, -0.25) is 14.8 Å². The maximum atomic E-state index is 14.5. The molecule has 1 aromatic carbocycles. The predicted molar refractivity (Wildman–Crippen MR) is 125 cm³/mol. The number of carbonyl (C=O) groups excluding carboxylic acids is 1. The third kappa shape index (κ3) is 4.38. The number of halogens is 2. The molecule has 0 spiro atoms. The van der Waals surface area contributed by atoms with E-state index in [1.54, 1.807) is 45.3 Å². The predicted octanol–water partition coefficient (Wildman–Crippen LogP) is 5.07. The zero-order valence-corrected chi connectivity index (χ0v) is 18.6. The first-order valence-electron chi connectivity index (χ1n) is 10.3. The number of hydrogen-bond acceptors (Lipinski definition) is 6. The first-order chi connectivity index (χ1) is 16.2. The lowest BCUT2D eigenvalue weighted by atomic mass is 9.86. The molecular weight excluding hydrogens is 438 g/mol. The lowest BCUT2D eigenvalue weighted by molar-refractivity contribution is 0.102. The Morgan fingerprint density at radius 3 is 2.56 bits per heavy atom. The van der Waals surface area contributed by atoms with Crippen LogP contribution in [0.2, 0.25) is 0 Å². The fourth-order valence-electron chi connectivity index (χ4n) is 3.36. The zero-order chi connectivity index (χ0) is 24.5. The number of benzene rings is 1. The van der Waals surface area contributed by atoms with Gasteiger partial charge in [-0.2, -0.15) is 5.26 Å². The highest BCUT2D eigenvalue weighted by molar-refractivity contribution is 6.03. The molecule has 9 heteroatoms. The van der Waals surface area contributed by atoms with E-state index in [0.717, 1.165) is 6.07 Å². The van der Waals surface area contributed by atoms with Gasteiger partial charge in [0.25, 0.3) is 5.91 Å². The molecule has 0 saturated carbocycles. The Balaban J connectivity index is 1.68. The highest BCUT2D eigenvalue weighted by Crippen LogP contribution is 2.30. The van der Waals surface area contributed by atoms with Crippen LogP contribution >= 0.6 is 0 Å². The van der Waals surface area contributed by atoms with E-state index in [1.165, 1.54) is 24.5 Å². The minimum Gasteiger partial charge on any atom is -0.373 e. The van der Waals surface area contributed by atoms with Crippen molar-refractivity contribution in [1.29, 1.82) is 5.26 Å². The van der Waals surface area contributed by atoms with Crippen LogP contribution in [0.1, 0.15) is 29.9 Å². The highest BCUT2D eigenvalue weighted by Gasteiger charge is 2.22. The van der Waals surface area contributed by atoms with Crippen LogP contribution in [0.3, 0.4) is 0 Å². The van der Waals surface area contributed by atoms with Gasteiger partial charge >= 0.3 is 0 Å². The van der Waals surface area contributed by atoms with Crippen molar-refractivity contribution in [3.05, 3.63) is 77.9 Å². The molecule has 4 aromatic rings. The summed E-state index contributed by atoms with van der Waals surface area (Å²) in [5, 5.41) is 15.4. The van der Waals surface area contributed by atoms with Gasteiger partial charge in [-0.1, -0.05) is 0 Å². The van der Waals surface area contributed by atoms with Gasteiger partial charge in [0.05, 0.1) is 22.7 Å². The molecule has 0 radical (unpaired) electrons. The lowest BCUT2D eigenvalue weighted by Gasteiger charge is -2.16. The molecule has 1 amide bonds. The summed E-state index contributed by atoms with van der Waals surface area (Å²) in [6.07, 6.45) is 4.56. The minimum atomic E-state index is -1.19. The third-order valence-electron chi connectivity index (χ3n) is 5.43. The third-order valence-corrected chi connectivity index (χ3v) is 5.43. The molecule has 0 aliphatic rings. The number of carbonyl (C=O) groups is 1. The van der Waals surface area contributed by atoms with E-state index in [0.29, 0.717) is 33.4 Å². The second kappa shape index (κ2) is 8.83. The number of nitrogens with zero attached hydrogens (tertiary/aromatic N) is 4. The smallest absolute Gasteiger partial charge is 0.274 e. The van der Waals surface area contributed by atoms with E-state index in [-0.39, 0.29) is 11.4 Å². The summed E-state index contributed by atoms with van der Waals surface area (Å²) in [6.45, 7) is 3.41. The average molecular weight is 458 g/mol. The van der Waals surface area contributed by atoms with Crippen molar-refractivity contribution in [3.8, 4) is 17.2 Å². The van der Waals surface area contributed by atoms with Crippen molar-refractivity contribution in [2.24, 2.45) is 0 Å². The molecule has 0 bridgehead atoms. The molecule has 7 nitrogen and oxygen atoms in total. The summed E-state index contributed by atoms with van der Waals surface area (Å²) in [6, 6.07) is 11.1. The van der Waals surface area contributed by atoms with Crippen molar-refractivity contribution < 1.29 is 13.6 Å². The topological polar surface area (TPSA) is 104 Å². The van der Waals surface area contributed by atoms with Crippen molar-refractivity contribution in [2.75, 3.05) is 17.7 Å². The summed E-state index contributed by atoms with van der Waals surface area (Å²) in [5.74, 6) is -2.39. The van der Waals surface area contributed by atoms with Crippen LogP contribution in [0.25, 0.3) is 22.0 Å². The van der Waals surface area contributed by atoms with E-state index in [2.05, 4.69) is 31.7 Å². The van der Waals surface area contributed by atoms with Gasteiger partial charge in [-0.25, -0.2) is 13.8 Å². The highest BCUT2D eigenvalue weighted by atomic mass is 19.2. The Morgan fingerprint density at radius 2 is 1.82 bits per heavy atom.